The lowest BCUT2D eigenvalue weighted by Gasteiger charge is -2.42. The maximum absolute atomic E-state index is 11.1. The molecule has 0 aromatic heterocycles. The molecular formula is C8H13NO4. The standard InChI is InChI=1S/C8H13NO4/c1-3-13-8(12)9-4-5(2)6(9)7(10)11/h5-6H,3-4H2,1-2H3,(H,10,11)/t5-,6-/m0/s1. The number of aliphatic carboxylic acids is 1. The van der Waals surface area contributed by atoms with Crippen molar-refractivity contribution in [2.45, 2.75) is 19.9 Å². The number of nitrogens with zero attached hydrogens (tertiary/aromatic N) is 1. The monoisotopic (exact) mass is 187 g/mol. The summed E-state index contributed by atoms with van der Waals surface area (Å²) < 4.78 is 4.70. The fourth-order valence-corrected chi connectivity index (χ4v) is 1.46. The van der Waals surface area contributed by atoms with E-state index in [2.05, 4.69) is 0 Å². The van der Waals surface area contributed by atoms with E-state index in [0.29, 0.717) is 6.54 Å². The SMILES string of the molecule is CCOC(=O)N1C[C@H](C)[C@H]1C(=O)O. The van der Waals surface area contributed by atoms with Gasteiger partial charge in [0.15, 0.2) is 0 Å². The first-order valence-electron chi connectivity index (χ1n) is 4.24. The Morgan fingerprint density at radius 3 is 2.62 bits per heavy atom. The van der Waals surface area contributed by atoms with Gasteiger partial charge in [-0.3, -0.25) is 4.90 Å². The summed E-state index contributed by atoms with van der Waals surface area (Å²) in [6.07, 6.45) is -0.534. The maximum Gasteiger partial charge on any atom is 0.410 e. The Morgan fingerprint density at radius 1 is 1.62 bits per heavy atom. The lowest BCUT2D eigenvalue weighted by Crippen LogP contribution is -2.61. The molecule has 0 spiro atoms. The Morgan fingerprint density at radius 2 is 2.23 bits per heavy atom. The van der Waals surface area contributed by atoms with E-state index in [1.807, 2.05) is 0 Å². The molecule has 1 heterocycles. The lowest BCUT2D eigenvalue weighted by molar-refractivity contribution is -0.150. The molecule has 1 N–H and O–H groups in total. The van der Waals surface area contributed by atoms with Crippen molar-refractivity contribution in [2.75, 3.05) is 13.2 Å². The molecular weight excluding hydrogens is 174 g/mol. The van der Waals surface area contributed by atoms with Gasteiger partial charge in [0.05, 0.1) is 6.61 Å². The van der Waals surface area contributed by atoms with Crippen molar-refractivity contribution < 1.29 is 19.4 Å². The summed E-state index contributed by atoms with van der Waals surface area (Å²) >= 11 is 0. The molecule has 0 unspecified atom stereocenters. The number of hydrogen-bond donors (Lipinski definition) is 1. The van der Waals surface area contributed by atoms with E-state index in [1.54, 1.807) is 13.8 Å². The molecule has 0 aliphatic carbocycles. The zero-order chi connectivity index (χ0) is 10.0. The zero-order valence-electron chi connectivity index (χ0n) is 7.69. The summed E-state index contributed by atoms with van der Waals surface area (Å²) in [6, 6.07) is -0.709. The first kappa shape index (κ1) is 9.83. The molecule has 0 radical (unpaired) electrons. The highest BCUT2D eigenvalue weighted by Crippen LogP contribution is 2.25. The van der Waals surface area contributed by atoms with Crippen molar-refractivity contribution >= 4 is 12.1 Å². The minimum absolute atomic E-state index is 0.0157. The van der Waals surface area contributed by atoms with E-state index in [0.717, 1.165) is 0 Å². The summed E-state index contributed by atoms with van der Waals surface area (Å²) in [4.78, 5) is 23.0. The normalized spacial score (nSPS) is 26.5. The predicted octanol–water partition coefficient (Wildman–Crippen LogP) is 0.548. The minimum atomic E-state index is -0.966. The Kier molecular flexibility index (Phi) is 2.75. The quantitative estimate of drug-likeness (QED) is 0.685. The van der Waals surface area contributed by atoms with Crippen LogP contribution in [0.25, 0.3) is 0 Å². The number of carbonyl (C=O) groups excluding carboxylic acids is 1. The molecule has 2 atom stereocenters. The van der Waals surface area contributed by atoms with E-state index < -0.39 is 18.1 Å². The number of hydrogen-bond acceptors (Lipinski definition) is 3. The Bertz CT molecular complexity index is 228. The van der Waals surface area contributed by atoms with Crippen LogP contribution < -0.4 is 0 Å². The van der Waals surface area contributed by atoms with Crippen LogP contribution in [0.3, 0.4) is 0 Å². The van der Waals surface area contributed by atoms with Gasteiger partial charge in [0, 0.05) is 12.5 Å². The lowest BCUT2D eigenvalue weighted by atomic mass is 9.91. The molecule has 74 valence electrons. The number of rotatable bonds is 2. The minimum Gasteiger partial charge on any atom is -0.480 e. The van der Waals surface area contributed by atoms with Crippen molar-refractivity contribution in [2.24, 2.45) is 5.92 Å². The number of amides is 1. The van der Waals surface area contributed by atoms with Gasteiger partial charge in [-0.1, -0.05) is 6.92 Å². The highest BCUT2D eigenvalue weighted by atomic mass is 16.6. The molecule has 0 aromatic carbocycles. The van der Waals surface area contributed by atoms with Gasteiger partial charge in [0.2, 0.25) is 0 Å². The van der Waals surface area contributed by atoms with Crippen LogP contribution in [-0.4, -0.2) is 41.3 Å². The second-order valence-electron chi connectivity index (χ2n) is 3.11. The molecule has 1 aliphatic rings. The molecule has 13 heavy (non-hydrogen) atoms. The van der Waals surface area contributed by atoms with Gasteiger partial charge in [0.1, 0.15) is 6.04 Å². The molecule has 5 heteroatoms. The fraction of sp³-hybridized carbons (Fsp3) is 0.750. The number of ether oxygens (including phenoxy) is 1. The third kappa shape index (κ3) is 1.74. The van der Waals surface area contributed by atoms with Gasteiger partial charge >= 0.3 is 12.1 Å². The van der Waals surface area contributed by atoms with Gasteiger partial charge < -0.3 is 9.84 Å². The molecule has 0 saturated carbocycles. The second kappa shape index (κ2) is 3.64. The van der Waals surface area contributed by atoms with E-state index in [9.17, 15) is 9.59 Å². The van der Waals surface area contributed by atoms with E-state index >= 15 is 0 Å². The van der Waals surface area contributed by atoms with Crippen LogP contribution >= 0.6 is 0 Å². The highest BCUT2D eigenvalue weighted by Gasteiger charge is 2.44. The highest BCUT2D eigenvalue weighted by molar-refractivity contribution is 5.82. The Hall–Kier alpha value is -1.26. The van der Waals surface area contributed by atoms with Crippen LogP contribution in [0, 0.1) is 5.92 Å². The topological polar surface area (TPSA) is 66.8 Å². The van der Waals surface area contributed by atoms with Crippen molar-refractivity contribution in [3.8, 4) is 0 Å². The average Bonchev–Trinajstić information content (AvgIpc) is 1.98. The van der Waals surface area contributed by atoms with Crippen molar-refractivity contribution in [3.05, 3.63) is 0 Å². The predicted molar refractivity (Wildman–Crippen MR) is 44.3 cm³/mol. The van der Waals surface area contributed by atoms with E-state index in [1.165, 1.54) is 4.90 Å². The molecule has 1 rings (SSSR count). The van der Waals surface area contributed by atoms with Crippen LogP contribution in [0.4, 0.5) is 4.79 Å². The largest absolute Gasteiger partial charge is 0.480 e. The molecule has 1 saturated heterocycles. The molecule has 1 amide bonds. The Labute approximate surface area is 76.3 Å². The second-order valence-corrected chi connectivity index (χ2v) is 3.11. The molecule has 0 aromatic rings. The number of carboxylic acid groups (broad SMARTS) is 1. The summed E-state index contributed by atoms with van der Waals surface area (Å²) in [5.41, 5.74) is 0. The van der Waals surface area contributed by atoms with E-state index in [-0.39, 0.29) is 12.5 Å². The molecule has 1 aliphatic heterocycles. The number of likely N-dealkylation sites (tertiary alicyclic amines) is 1. The summed E-state index contributed by atoms with van der Waals surface area (Å²) in [6.45, 7) is 4.23. The summed E-state index contributed by atoms with van der Waals surface area (Å²) in [5, 5.41) is 8.74. The molecule has 0 bridgehead atoms. The third-order valence-corrected chi connectivity index (χ3v) is 2.11. The van der Waals surface area contributed by atoms with Crippen molar-refractivity contribution in [3.63, 3.8) is 0 Å². The zero-order valence-corrected chi connectivity index (χ0v) is 7.69. The maximum atomic E-state index is 11.1. The summed E-state index contributed by atoms with van der Waals surface area (Å²) in [7, 11) is 0. The van der Waals surface area contributed by atoms with Gasteiger partial charge in [-0.2, -0.15) is 0 Å². The number of carbonyl (C=O) groups is 2. The van der Waals surface area contributed by atoms with Crippen LogP contribution in [0.2, 0.25) is 0 Å². The first-order valence-corrected chi connectivity index (χ1v) is 4.24. The van der Waals surface area contributed by atoms with Gasteiger partial charge in [-0.15, -0.1) is 0 Å². The van der Waals surface area contributed by atoms with Crippen molar-refractivity contribution in [1.82, 2.24) is 4.90 Å². The first-order chi connectivity index (χ1) is 6.07. The van der Waals surface area contributed by atoms with Crippen LogP contribution in [0.5, 0.6) is 0 Å². The fourth-order valence-electron chi connectivity index (χ4n) is 1.46. The average molecular weight is 187 g/mol. The summed E-state index contributed by atoms with van der Waals surface area (Å²) in [5.74, 6) is -0.950. The van der Waals surface area contributed by atoms with Gasteiger partial charge in [-0.25, -0.2) is 9.59 Å². The van der Waals surface area contributed by atoms with Crippen LogP contribution in [-0.2, 0) is 9.53 Å². The number of carboxylic acids is 1. The van der Waals surface area contributed by atoms with Crippen LogP contribution in [0.15, 0.2) is 0 Å². The van der Waals surface area contributed by atoms with Crippen molar-refractivity contribution in [1.29, 1.82) is 0 Å². The molecule has 5 nitrogen and oxygen atoms in total. The van der Waals surface area contributed by atoms with E-state index in [4.69, 9.17) is 9.84 Å². The molecule has 1 fully saturated rings. The third-order valence-electron chi connectivity index (χ3n) is 2.11. The Balaban J connectivity index is 2.53. The van der Waals surface area contributed by atoms with Gasteiger partial charge in [-0.05, 0) is 6.92 Å². The smallest absolute Gasteiger partial charge is 0.410 e. The van der Waals surface area contributed by atoms with Gasteiger partial charge in [0.25, 0.3) is 0 Å². The van der Waals surface area contributed by atoms with Crippen LogP contribution in [0.1, 0.15) is 13.8 Å².